The van der Waals surface area contributed by atoms with Crippen LogP contribution in [0.1, 0.15) is 27.7 Å². The Kier molecular flexibility index (Phi) is 1.19. The maximum atomic E-state index is 5.59. The molecule has 1 rings (SSSR count). The van der Waals surface area contributed by atoms with Crippen molar-refractivity contribution >= 4 is 0 Å². The molecule has 0 heterocycles. The molecule has 1 saturated carbocycles. The summed E-state index contributed by atoms with van der Waals surface area (Å²) in [5.41, 5.74) is 6.56. The second-order valence-corrected chi connectivity index (χ2v) is 4.23. The molecule has 1 aliphatic rings. The molecule has 0 aromatic carbocycles. The molecule has 0 radical (unpaired) electrons. The Morgan fingerprint density at radius 2 is 1.44 bits per heavy atom. The van der Waals surface area contributed by atoms with Gasteiger partial charge in [-0.3, -0.25) is 0 Å². The summed E-state index contributed by atoms with van der Waals surface area (Å²) in [4.78, 5) is 0. The van der Waals surface area contributed by atoms with E-state index in [1.165, 1.54) is 0 Å². The number of hydrogen-bond donors (Lipinski definition) is 1. The topological polar surface area (TPSA) is 26.0 Å². The van der Waals surface area contributed by atoms with E-state index >= 15 is 0 Å². The van der Waals surface area contributed by atoms with Gasteiger partial charge in [0.05, 0.1) is 0 Å². The van der Waals surface area contributed by atoms with Gasteiger partial charge in [0.15, 0.2) is 0 Å². The van der Waals surface area contributed by atoms with Gasteiger partial charge in [-0.15, -0.1) is 0 Å². The predicted octanol–water partition coefficient (Wildman–Crippen LogP) is 1.63. The fourth-order valence-corrected chi connectivity index (χ4v) is 1.92. The molecule has 0 amide bonds. The van der Waals surface area contributed by atoms with Crippen LogP contribution in [0.5, 0.6) is 0 Å². The van der Waals surface area contributed by atoms with Crippen molar-refractivity contribution in [3.05, 3.63) is 0 Å². The maximum absolute atomic E-state index is 5.59. The van der Waals surface area contributed by atoms with Gasteiger partial charge < -0.3 is 5.73 Å². The highest BCUT2D eigenvalue weighted by atomic mass is 14.7. The zero-order chi connectivity index (χ0) is 7.28. The molecule has 1 nitrogen and oxygen atoms in total. The van der Waals surface area contributed by atoms with Gasteiger partial charge in [-0.2, -0.15) is 0 Å². The summed E-state index contributed by atoms with van der Waals surface area (Å²) in [6.45, 7) is 10.0. The minimum atomic E-state index is 0.488. The first-order valence-electron chi connectivity index (χ1n) is 3.64. The highest BCUT2D eigenvalue weighted by Crippen LogP contribution is 2.67. The molecule has 0 aromatic rings. The number of nitrogens with two attached hydrogens (primary N) is 1. The molecule has 0 bridgehead atoms. The molecule has 0 saturated heterocycles. The monoisotopic (exact) mass is 127 g/mol. The second kappa shape index (κ2) is 1.51. The van der Waals surface area contributed by atoms with Crippen LogP contribution in [0.3, 0.4) is 0 Å². The second-order valence-electron chi connectivity index (χ2n) is 4.23. The van der Waals surface area contributed by atoms with Crippen molar-refractivity contribution in [3.8, 4) is 0 Å². The van der Waals surface area contributed by atoms with Crippen molar-refractivity contribution < 1.29 is 0 Å². The minimum Gasteiger partial charge on any atom is -0.330 e. The van der Waals surface area contributed by atoms with E-state index in [0.717, 1.165) is 12.5 Å². The van der Waals surface area contributed by atoms with E-state index in [2.05, 4.69) is 27.7 Å². The average molecular weight is 127 g/mol. The van der Waals surface area contributed by atoms with E-state index in [-0.39, 0.29) is 0 Å². The third-order valence-electron chi connectivity index (χ3n) is 3.56. The zero-order valence-electron chi connectivity index (χ0n) is 6.86. The van der Waals surface area contributed by atoms with Crippen molar-refractivity contribution in [3.63, 3.8) is 0 Å². The maximum Gasteiger partial charge on any atom is -0.00382 e. The Morgan fingerprint density at radius 3 is 1.44 bits per heavy atom. The smallest absolute Gasteiger partial charge is 0.00382 e. The first-order chi connectivity index (χ1) is 3.94. The third-order valence-corrected chi connectivity index (χ3v) is 3.56. The van der Waals surface area contributed by atoms with Gasteiger partial charge in [-0.25, -0.2) is 0 Å². The summed E-state index contributed by atoms with van der Waals surface area (Å²) in [5, 5.41) is 0. The molecular weight excluding hydrogens is 110 g/mol. The molecule has 1 fully saturated rings. The standard InChI is InChI=1S/C8H17N/c1-7(2)6(5-9)8(7,3)4/h6H,5,9H2,1-4H3. The van der Waals surface area contributed by atoms with Crippen LogP contribution in [-0.4, -0.2) is 6.54 Å². The van der Waals surface area contributed by atoms with Crippen LogP contribution in [0, 0.1) is 16.7 Å². The van der Waals surface area contributed by atoms with Crippen LogP contribution >= 0.6 is 0 Å². The fraction of sp³-hybridized carbons (Fsp3) is 1.00. The summed E-state index contributed by atoms with van der Waals surface area (Å²) in [5.74, 6) is 0.741. The van der Waals surface area contributed by atoms with E-state index in [0.29, 0.717) is 10.8 Å². The molecule has 1 heteroatoms. The third kappa shape index (κ3) is 0.644. The summed E-state index contributed by atoms with van der Waals surface area (Å²) in [7, 11) is 0. The molecule has 9 heavy (non-hydrogen) atoms. The molecule has 2 N–H and O–H groups in total. The largest absolute Gasteiger partial charge is 0.330 e. The molecule has 0 aromatic heterocycles. The molecule has 1 aliphatic carbocycles. The van der Waals surface area contributed by atoms with Crippen LogP contribution in [0.2, 0.25) is 0 Å². The Balaban J connectivity index is 2.66. The average Bonchev–Trinajstić information content (AvgIpc) is 2.00. The van der Waals surface area contributed by atoms with Gasteiger partial charge in [-0.1, -0.05) is 27.7 Å². The highest BCUT2D eigenvalue weighted by molar-refractivity contribution is 5.12. The van der Waals surface area contributed by atoms with Crippen molar-refractivity contribution in [2.75, 3.05) is 6.54 Å². The van der Waals surface area contributed by atoms with Gasteiger partial charge in [-0.05, 0) is 23.3 Å². The molecule has 0 atom stereocenters. The van der Waals surface area contributed by atoms with Crippen LogP contribution < -0.4 is 5.73 Å². The Hall–Kier alpha value is -0.0400. The molecular formula is C8H17N. The van der Waals surface area contributed by atoms with Crippen LogP contribution in [0.4, 0.5) is 0 Å². The van der Waals surface area contributed by atoms with Crippen molar-refractivity contribution in [2.45, 2.75) is 27.7 Å². The Bertz CT molecular complexity index is 111. The lowest BCUT2D eigenvalue weighted by Crippen LogP contribution is -2.06. The van der Waals surface area contributed by atoms with E-state index in [1.54, 1.807) is 0 Å². The molecule has 0 unspecified atom stereocenters. The highest BCUT2D eigenvalue weighted by Gasteiger charge is 2.63. The molecule has 0 aliphatic heterocycles. The first-order valence-corrected chi connectivity index (χ1v) is 3.64. The SMILES string of the molecule is CC1(C)C(CN)C1(C)C. The minimum absolute atomic E-state index is 0.488. The molecule has 0 spiro atoms. The summed E-state index contributed by atoms with van der Waals surface area (Å²) in [6, 6.07) is 0. The predicted molar refractivity (Wildman–Crippen MR) is 40.1 cm³/mol. The van der Waals surface area contributed by atoms with Crippen molar-refractivity contribution in [1.29, 1.82) is 0 Å². The van der Waals surface area contributed by atoms with Gasteiger partial charge in [0, 0.05) is 0 Å². The Labute approximate surface area is 57.6 Å². The van der Waals surface area contributed by atoms with Crippen LogP contribution in [-0.2, 0) is 0 Å². The summed E-state index contributed by atoms with van der Waals surface area (Å²) < 4.78 is 0. The first kappa shape index (κ1) is 7.07. The van der Waals surface area contributed by atoms with E-state index < -0.39 is 0 Å². The quantitative estimate of drug-likeness (QED) is 0.569. The lowest BCUT2D eigenvalue weighted by Gasteiger charge is -2.04. The fourth-order valence-electron chi connectivity index (χ4n) is 1.92. The summed E-state index contributed by atoms with van der Waals surface area (Å²) in [6.07, 6.45) is 0. The van der Waals surface area contributed by atoms with Crippen molar-refractivity contribution in [2.24, 2.45) is 22.5 Å². The zero-order valence-corrected chi connectivity index (χ0v) is 6.86. The van der Waals surface area contributed by atoms with Crippen LogP contribution in [0.15, 0.2) is 0 Å². The van der Waals surface area contributed by atoms with Gasteiger partial charge in [0.1, 0.15) is 0 Å². The van der Waals surface area contributed by atoms with Gasteiger partial charge in [0.2, 0.25) is 0 Å². The number of hydrogen-bond acceptors (Lipinski definition) is 1. The van der Waals surface area contributed by atoms with Gasteiger partial charge in [0.25, 0.3) is 0 Å². The number of rotatable bonds is 1. The van der Waals surface area contributed by atoms with E-state index in [1.807, 2.05) is 0 Å². The van der Waals surface area contributed by atoms with Crippen molar-refractivity contribution in [1.82, 2.24) is 0 Å². The van der Waals surface area contributed by atoms with Gasteiger partial charge >= 0.3 is 0 Å². The normalized spacial score (nSPS) is 30.3. The summed E-state index contributed by atoms with van der Waals surface area (Å²) >= 11 is 0. The lowest BCUT2D eigenvalue weighted by atomic mass is 10.0. The van der Waals surface area contributed by atoms with E-state index in [4.69, 9.17) is 5.73 Å². The molecule has 54 valence electrons. The Morgan fingerprint density at radius 1 is 1.11 bits per heavy atom. The van der Waals surface area contributed by atoms with E-state index in [9.17, 15) is 0 Å². The lowest BCUT2D eigenvalue weighted by molar-refractivity contribution is 0.457. The van der Waals surface area contributed by atoms with Crippen LogP contribution in [0.25, 0.3) is 0 Å².